The van der Waals surface area contributed by atoms with Gasteiger partial charge >= 0.3 is 0 Å². The Morgan fingerprint density at radius 3 is 3.00 bits per heavy atom. The Morgan fingerprint density at radius 2 is 2.17 bits per heavy atom. The average molecular weight is 245 g/mol. The number of hydrogen-bond donors (Lipinski definition) is 1. The molecule has 3 nitrogen and oxygen atoms in total. The highest BCUT2D eigenvalue weighted by Crippen LogP contribution is 2.29. The molecule has 0 aliphatic carbocycles. The van der Waals surface area contributed by atoms with E-state index in [-0.39, 0.29) is 0 Å². The lowest BCUT2D eigenvalue weighted by Crippen LogP contribution is -2.50. The van der Waals surface area contributed by atoms with Crippen molar-refractivity contribution in [2.24, 2.45) is 0 Å². The molecule has 0 amide bonds. The molecule has 1 aromatic carbocycles. The molecule has 1 aromatic rings. The Kier molecular flexibility index (Phi) is 3.16. The van der Waals surface area contributed by atoms with Crippen LogP contribution in [0.4, 0.5) is 11.4 Å². The van der Waals surface area contributed by atoms with Crippen molar-refractivity contribution in [2.45, 2.75) is 25.8 Å². The fourth-order valence-corrected chi connectivity index (χ4v) is 3.15. The van der Waals surface area contributed by atoms with Gasteiger partial charge in [0, 0.05) is 43.6 Å². The summed E-state index contributed by atoms with van der Waals surface area (Å²) in [5, 5.41) is 3.53. The van der Waals surface area contributed by atoms with Gasteiger partial charge in [-0.05, 0) is 44.5 Å². The molecule has 2 heterocycles. The van der Waals surface area contributed by atoms with E-state index >= 15 is 0 Å². The van der Waals surface area contributed by atoms with Gasteiger partial charge in [0.1, 0.15) is 0 Å². The number of likely N-dealkylation sites (N-methyl/N-ethyl adjacent to an activating group) is 1. The number of aryl methyl sites for hydroxylation is 1. The second-order valence-corrected chi connectivity index (χ2v) is 5.68. The molecule has 18 heavy (non-hydrogen) atoms. The van der Waals surface area contributed by atoms with Crippen LogP contribution in [0.3, 0.4) is 0 Å². The van der Waals surface area contributed by atoms with Crippen LogP contribution in [0.25, 0.3) is 0 Å². The van der Waals surface area contributed by atoms with E-state index in [0.717, 1.165) is 26.2 Å². The maximum Gasteiger partial charge on any atom is 0.0393 e. The van der Waals surface area contributed by atoms with Gasteiger partial charge in [0.25, 0.3) is 0 Å². The first kappa shape index (κ1) is 11.8. The molecule has 3 heteroatoms. The highest BCUT2D eigenvalue weighted by atomic mass is 15.3. The van der Waals surface area contributed by atoms with Crippen molar-refractivity contribution in [2.75, 3.05) is 43.4 Å². The summed E-state index contributed by atoms with van der Waals surface area (Å²) in [6, 6.07) is 7.55. The van der Waals surface area contributed by atoms with E-state index in [0.29, 0.717) is 6.04 Å². The first-order chi connectivity index (χ1) is 8.74. The van der Waals surface area contributed by atoms with E-state index in [2.05, 4.69) is 47.3 Å². The van der Waals surface area contributed by atoms with Crippen LogP contribution >= 0.6 is 0 Å². The van der Waals surface area contributed by atoms with Gasteiger partial charge in [-0.2, -0.15) is 0 Å². The number of rotatable bonds is 1. The Morgan fingerprint density at radius 1 is 1.28 bits per heavy atom. The molecule has 1 unspecified atom stereocenters. The molecule has 1 N–H and O–H groups in total. The fourth-order valence-electron chi connectivity index (χ4n) is 3.15. The highest BCUT2D eigenvalue weighted by Gasteiger charge is 2.22. The van der Waals surface area contributed by atoms with Gasteiger partial charge in [-0.15, -0.1) is 0 Å². The monoisotopic (exact) mass is 245 g/mol. The molecule has 98 valence electrons. The van der Waals surface area contributed by atoms with Gasteiger partial charge < -0.3 is 15.1 Å². The molecule has 1 fully saturated rings. The van der Waals surface area contributed by atoms with E-state index < -0.39 is 0 Å². The predicted molar refractivity (Wildman–Crippen MR) is 77.6 cm³/mol. The Hall–Kier alpha value is -1.22. The van der Waals surface area contributed by atoms with Crippen LogP contribution in [-0.2, 0) is 6.42 Å². The summed E-state index contributed by atoms with van der Waals surface area (Å²) < 4.78 is 0. The van der Waals surface area contributed by atoms with Gasteiger partial charge in [-0.1, -0.05) is 6.07 Å². The summed E-state index contributed by atoms with van der Waals surface area (Å²) in [5.74, 6) is 0. The third-order valence-corrected chi connectivity index (χ3v) is 4.19. The predicted octanol–water partition coefficient (Wildman–Crippen LogP) is 2.18. The first-order valence-corrected chi connectivity index (χ1v) is 7.06. The van der Waals surface area contributed by atoms with Crippen LogP contribution in [0.5, 0.6) is 0 Å². The third-order valence-electron chi connectivity index (χ3n) is 4.19. The highest BCUT2D eigenvalue weighted by molar-refractivity contribution is 5.64. The maximum atomic E-state index is 3.53. The number of nitrogens with zero attached hydrogens (tertiary/aromatic N) is 2. The number of piperazine rings is 1. The van der Waals surface area contributed by atoms with Crippen molar-refractivity contribution in [3.05, 3.63) is 23.8 Å². The molecular formula is C15H23N3. The topological polar surface area (TPSA) is 18.5 Å². The van der Waals surface area contributed by atoms with Crippen LogP contribution < -0.4 is 10.2 Å². The zero-order valence-electron chi connectivity index (χ0n) is 11.4. The molecule has 3 rings (SSSR count). The molecule has 1 atom stereocenters. The number of benzene rings is 1. The van der Waals surface area contributed by atoms with E-state index in [9.17, 15) is 0 Å². The first-order valence-electron chi connectivity index (χ1n) is 7.06. The molecular weight excluding hydrogens is 222 g/mol. The normalized spacial score (nSPS) is 24.6. The van der Waals surface area contributed by atoms with Gasteiger partial charge in [-0.25, -0.2) is 0 Å². The van der Waals surface area contributed by atoms with Crippen molar-refractivity contribution >= 4 is 11.4 Å². The Bertz CT molecular complexity index is 430. The molecule has 2 aliphatic rings. The third kappa shape index (κ3) is 2.19. The molecule has 0 spiro atoms. The second kappa shape index (κ2) is 4.81. The van der Waals surface area contributed by atoms with Crippen LogP contribution in [0.1, 0.15) is 18.9 Å². The van der Waals surface area contributed by atoms with Crippen molar-refractivity contribution in [1.82, 2.24) is 4.90 Å². The average Bonchev–Trinajstić information content (AvgIpc) is 2.38. The van der Waals surface area contributed by atoms with Crippen LogP contribution in [-0.4, -0.2) is 44.2 Å². The molecule has 0 bridgehead atoms. The molecule has 0 aromatic heterocycles. The summed E-state index contributed by atoms with van der Waals surface area (Å²) >= 11 is 0. The smallest absolute Gasteiger partial charge is 0.0393 e. The fraction of sp³-hybridized carbons (Fsp3) is 0.600. The van der Waals surface area contributed by atoms with Crippen molar-refractivity contribution in [3.63, 3.8) is 0 Å². The minimum atomic E-state index is 0.602. The summed E-state index contributed by atoms with van der Waals surface area (Å²) in [4.78, 5) is 4.95. The van der Waals surface area contributed by atoms with E-state index in [1.54, 1.807) is 0 Å². The second-order valence-electron chi connectivity index (χ2n) is 5.68. The van der Waals surface area contributed by atoms with E-state index in [1.807, 2.05) is 0 Å². The minimum Gasteiger partial charge on any atom is -0.385 e. The molecule has 2 aliphatic heterocycles. The zero-order valence-corrected chi connectivity index (χ0v) is 11.4. The quantitative estimate of drug-likeness (QED) is 0.818. The number of anilines is 2. The van der Waals surface area contributed by atoms with Gasteiger partial charge in [0.2, 0.25) is 0 Å². The SMILES string of the molecule is CC1CN(C)CCN1c1ccc2c(c1)NCCC2. The van der Waals surface area contributed by atoms with Crippen LogP contribution in [0, 0.1) is 0 Å². The summed E-state index contributed by atoms with van der Waals surface area (Å²) in [7, 11) is 2.21. The van der Waals surface area contributed by atoms with Gasteiger partial charge in [0.05, 0.1) is 0 Å². The lowest BCUT2D eigenvalue weighted by atomic mass is 10.0. The largest absolute Gasteiger partial charge is 0.385 e. The lowest BCUT2D eigenvalue weighted by molar-refractivity contribution is 0.275. The maximum absolute atomic E-state index is 3.53. The van der Waals surface area contributed by atoms with Gasteiger partial charge in [-0.3, -0.25) is 0 Å². The van der Waals surface area contributed by atoms with Crippen LogP contribution in [0.15, 0.2) is 18.2 Å². The lowest BCUT2D eigenvalue weighted by Gasteiger charge is -2.40. The van der Waals surface area contributed by atoms with Crippen molar-refractivity contribution in [3.8, 4) is 0 Å². The van der Waals surface area contributed by atoms with Crippen molar-refractivity contribution in [1.29, 1.82) is 0 Å². The van der Waals surface area contributed by atoms with E-state index in [1.165, 1.54) is 29.8 Å². The minimum absolute atomic E-state index is 0.602. The summed E-state index contributed by atoms with van der Waals surface area (Å²) in [5.41, 5.74) is 4.21. The number of fused-ring (bicyclic) bond motifs is 1. The molecule has 1 saturated heterocycles. The Labute approximate surface area is 110 Å². The van der Waals surface area contributed by atoms with Crippen LogP contribution in [0.2, 0.25) is 0 Å². The zero-order chi connectivity index (χ0) is 12.5. The number of nitrogens with one attached hydrogen (secondary N) is 1. The molecule has 0 saturated carbocycles. The summed E-state index contributed by atoms with van der Waals surface area (Å²) in [6.07, 6.45) is 2.48. The molecule has 0 radical (unpaired) electrons. The Balaban J connectivity index is 1.83. The van der Waals surface area contributed by atoms with Crippen molar-refractivity contribution < 1.29 is 0 Å². The standard InChI is InChI=1S/C15H23N3/c1-12-11-17(2)8-9-18(12)14-6-5-13-4-3-7-16-15(13)10-14/h5-6,10,12,16H,3-4,7-9,11H2,1-2H3. The van der Waals surface area contributed by atoms with Gasteiger partial charge in [0.15, 0.2) is 0 Å². The number of hydrogen-bond acceptors (Lipinski definition) is 3. The summed E-state index contributed by atoms with van der Waals surface area (Å²) in [6.45, 7) is 6.90. The van der Waals surface area contributed by atoms with E-state index in [4.69, 9.17) is 0 Å².